The summed E-state index contributed by atoms with van der Waals surface area (Å²) in [6, 6.07) is 67.1. The van der Waals surface area contributed by atoms with Crippen LogP contribution in [0.3, 0.4) is 0 Å². The number of carbonyl (C=O) groups is 3. The van der Waals surface area contributed by atoms with Crippen molar-refractivity contribution in [3.05, 3.63) is 251 Å². The third-order valence-electron chi connectivity index (χ3n) is 9.74. The van der Waals surface area contributed by atoms with Crippen LogP contribution in [-0.4, -0.2) is 17.3 Å². The van der Waals surface area contributed by atoms with Gasteiger partial charge in [-0.3, -0.25) is 14.4 Å². The van der Waals surface area contributed by atoms with Crippen LogP contribution >= 0.6 is 0 Å². The number of aryl methyl sites for hydroxylation is 3. The molecule has 9 aromatic carbocycles. The van der Waals surface area contributed by atoms with E-state index >= 15 is 0 Å². The number of Topliss-reactive ketones (excluding diaryl/α,β-unsaturated/α-hetero) is 1. The summed E-state index contributed by atoms with van der Waals surface area (Å²) in [6.45, 7) is 7.75. The molecule has 0 spiro atoms. The van der Waals surface area contributed by atoms with Crippen molar-refractivity contribution < 1.29 is 14.4 Å². The topological polar surface area (TPSA) is 51.2 Å². The maximum atomic E-state index is 12.4. The summed E-state index contributed by atoms with van der Waals surface area (Å²) in [4.78, 5) is 36.2. The van der Waals surface area contributed by atoms with E-state index in [1.54, 1.807) is 6.92 Å². The lowest BCUT2D eigenvalue weighted by Gasteiger charge is -2.08. The van der Waals surface area contributed by atoms with Crippen molar-refractivity contribution in [2.45, 2.75) is 42.5 Å². The second-order valence-corrected chi connectivity index (χ2v) is 14.2. The number of carbonyl (C=O) groups excluding carboxylic acids is 3. The lowest BCUT2D eigenvalue weighted by molar-refractivity contribution is 0.101. The lowest BCUT2D eigenvalue weighted by atomic mass is 9.95. The molecule has 0 aliphatic carbocycles. The largest absolute Gasteiger partial charge is 0.294 e. The minimum Gasteiger partial charge on any atom is -0.294 e. The number of fused-ring (bicyclic) bond motifs is 3. The summed E-state index contributed by atoms with van der Waals surface area (Å²) >= 11 is 0. The monoisotopic (exact) mass is 786 g/mol. The number of benzene rings is 9. The molecule has 9 rings (SSSR count). The van der Waals surface area contributed by atoms with Crippen molar-refractivity contribution in [2.24, 2.45) is 0 Å². The first kappa shape index (κ1) is 45.5. The Morgan fingerprint density at radius 3 is 1.12 bits per heavy atom. The Labute approximate surface area is 356 Å². The summed E-state index contributed by atoms with van der Waals surface area (Å²) in [6.07, 6.45) is 0. The molecule has 0 radical (unpaired) electrons. The van der Waals surface area contributed by atoms with E-state index in [9.17, 15) is 14.4 Å². The van der Waals surface area contributed by atoms with Crippen LogP contribution in [0.15, 0.2) is 206 Å². The van der Waals surface area contributed by atoms with Gasteiger partial charge in [0.1, 0.15) is 0 Å². The maximum Gasteiger partial charge on any atom is 0.193 e. The maximum absolute atomic E-state index is 12.4. The molecule has 0 saturated heterocycles. The highest BCUT2D eigenvalue weighted by atomic mass is 16.1. The SMILES string of the molecule is C.C.CC(=O)c1c2ccccc2cc2ccccc12.Cc1ccc(C(=O)c2ccc3ccccc3c2)cc1.Cc1ccc(C(=O)c2ccccc2)cc1.Cc1ccccc1. The van der Waals surface area contributed by atoms with Gasteiger partial charge in [0.25, 0.3) is 0 Å². The number of ketones is 3. The Balaban J connectivity index is 0.000000182. The first-order valence-electron chi connectivity index (χ1n) is 19.4. The normalized spacial score (nSPS) is 9.93. The predicted molar refractivity (Wildman–Crippen MR) is 256 cm³/mol. The van der Waals surface area contributed by atoms with E-state index in [-0.39, 0.29) is 32.2 Å². The molecule has 0 fully saturated rings. The average Bonchev–Trinajstić information content (AvgIpc) is 3.26. The van der Waals surface area contributed by atoms with Crippen LogP contribution in [0.4, 0.5) is 0 Å². The van der Waals surface area contributed by atoms with Gasteiger partial charge < -0.3 is 0 Å². The van der Waals surface area contributed by atoms with Crippen molar-refractivity contribution in [2.75, 3.05) is 0 Å². The Bertz CT molecular complexity index is 2730. The fourth-order valence-corrected chi connectivity index (χ4v) is 6.59. The van der Waals surface area contributed by atoms with E-state index in [2.05, 4.69) is 31.2 Å². The van der Waals surface area contributed by atoms with Crippen LogP contribution < -0.4 is 0 Å². The van der Waals surface area contributed by atoms with E-state index in [0.717, 1.165) is 65.7 Å². The van der Waals surface area contributed by atoms with Crippen LogP contribution in [0.2, 0.25) is 0 Å². The molecule has 0 atom stereocenters. The fourth-order valence-electron chi connectivity index (χ4n) is 6.59. The van der Waals surface area contributed by atoms with Crippen molar-refractivity contribution in [1.29, 1.82) is 0 Å². The molecule has 0 unspecified atom stereocenters. The molecular formula is C57H54O3. The highest BCUT2D eigenvalue weighted by molar-refractivity contribution is 6.18. The van der Waals surface area contributed by atoms with Gasteiger partial charge in [-0.2, -0.15) is 0 Å². The van der Waals surface area contributed by atoms with E-state index in [0.29, 0.717) is 0 Å². The molecule has 3 heteroatoms. The zero-order valence-electron chi connectivity index (χ0n) is 33.4. The predicted octanol–water partition coefficient (Wildman–Crippen LogP) is 15.1. The van der Waals surface area contributed by atoms with Gasteiger partial charge in [-0.25, -0.2) is 0 Å². The minimum absolute atomic E-state index is 0. The number of hydrogen-bond donors (Lipinski definition) is 0. The molecule has 0 amide bonds. The van der Waals surface area contributed by atoms with E-state index in [4.69, 9.17) is 0 Å². The summed E-state index contributed by atoms with van der Waals surface area (Å²) in [5, 5.41) is 6.58. The molecule has 3 nitrogen and oxygen atoms in total. The number of rotatable bonds is 5. The summed E-state index contributed by atoms with van der Waals surface area (Å²) < 4.78 is 0. The Morgan fingerprint density at radius 2 is 0.667 bits per heavy atom. The third-order valence-corrected chi connectivity index (χ3v) is 9.74. The van der Waals surface area contributed by atoms with E-state index in [1.807, 2.05) is 196 Å². The summed E-state index contributed by atoms with van der Waals surface area (Å²) in [5.74, 6) is 0.277. The van der Waals surface area contributed by atoms with E-state index in [1.165, 1.54) is 11.1 Å². The molecule has 0 bridgehead atoms. The highest BCUT2D eigenvalue weighted by Crippen LogP contribution is 2.28. The van der Waals surface area contributed by atoms with Gasteiger partial charge in [-0.05, 0) is 72.1 Å². The Hall–Kier alpha value is -7.23. The van der Waals surface area contributed by atoms with Crippen LogP contribution in [0, 0.1) is 20.8 Å². The fraction of sp³-hybridized carbons (Fsp3) is 0.105. The Kier molecular flexibility index (Phi) is 16.7. The van der Waals surface area contributed by atoms with E-state index < -0.39 is 0 Å². The van der Waals surface area contributed by atoms with Crippen molar-refractivity contribution in [1.82, 2.24) is 0 Å². The van der Waals surface area contributed by atoms with Gasteiger partial charge in [0.15, 0.2) is 17.3 Å². The van der Waals surface area contributed by atoms with Crippen LogP contribution in [0.5, 0.6) is 0 Å². The van der Waals surface area contributed by atoms with Crippen molar-refractivity contribution in [3.63, 3.8) is 0 Å². The summed E-state index contributed by atoms with van der Waals surface area (Å²) in [5.41, 5.74) is 7.44. The van der Waals surface area contributed by atoms with Gasteiger partial charge >= 0.3 is 0 Å². The second kappa shape index (κ2) is 22.1. The zero-order chi connectivity index (χ0) is 40.9. The van der Waals surface area contributed by atoms with Crippen molar-refractivity contribution in [3.8, 4) is 0 Å². The quantitative estimate of drug-likeness (QED) is 0.129. The number of hydrogen-bond acceptors (Lipinski definition) is 3. The first-order valence-corrected chi connectivity index (χ1v) is 19.4. The molecule has 0 aromatic heterocycles. The van der Waals surface area contributed by atoms with Gasteiger partial charge in [-0.1, -0.05) is 226 Å². The molecule has 0 saturated carbocycles. The van der Waals surface area contributed by atoms with Crippen LogP contribution in [0.1, 0.15) is 80.7 Å². The standard InChI is InChI=1S/C18H14O.C16H12O.C14H12O.C7H8.2CH4/c1-13-6-8-15(9-7-13)18(19)17-11-10-14-4-2-3-5-16(14)12-17;1-11(17)16-14-8-4-2-6-12(14)10-13-7-3-5-9-15(13)16;1-11-7-9-13(10-8-11)14(15)12-5-3-2-4-6-12;1-7-5-3-2-4-6-7;;/h2-12H,1H3;2-10H,1H3;2-10H,1H3;2-6H,1H3;2*1H4. The molecule has 0 N–H and O–H groups in total. The van der Waals surface area contributed by atoms with Crippen LogP contribution in [0.25, 0.3) is 32.3 Å². The van der Waals surface area contributed by atoms with Gasteiger partial charge in [-0.15, -0.1) is 0 Å². The highest BCUT2D eigenvalue weighted by Gasteiger charge is 2.11. The minimum atomic E-state index is 0. The molecule has 0 heterocycles. The molecule has 0 aliphatic heterocycles. The zero-order valence-corrected chi connectivity index (χ0v) is 33.4. The first-order chi connectivity index (χ1) is 28.2. The molecule has 300 valence electrons. The lowest BCUT2D eigenvalue weighted by Crippen LogP contribution is -2.00. The van der Waals surface area contributed by atoms with Gasteiger partial charge in [0.05, 0.1) is 0 Å². The van der Waals surface area contributed by atoms with Crippen molar-refractivity contribution >= 4 is 49.7 Å². The third kappa shape index (κ3) is 11.9. The molecular weight excluding hydrogens is 733 g/mol. The molecule has 60 heavy (non-hydrogen) atoms. The van der Waals surface area contributed by atoms with Gasteiger partial charge in [0.2, 0.25) is 0 Å². The molecule has 0 aliphatic rings. The molecule has 9 aromatic rings. The summed E-state index contributed by atoms with van der Waals surface area (Å²) in [7, 11) is 0. The smallest absolute Gasteiger partial charge is 0.193 e. The van der Waals surface area contributed by atoms with Crippen LogP contribution in [-0.2, 0) is 0 Å². The average molecular weight is 787 g/mol. The Morgan fingerprint density at radius 1 is 0.317 bits per heavy atom. The van der Waals surface area contributed by atoms with Gasteiger partial charge in [0, 0.05) is 27.8 Å². The second-order valence-electron chi connectivity index (χ2n) is 14.2.